The van der Waals surface area contributed by atoms with Gasteiger partial charge in [-0.3, -0.25) is 9.98 Å². The van der Waals surface area contributed by atoms with Gasteiger partial charge in [-0.1, -0.05) is 26.2 Å². The van der Waals surface area contributed by atoms with Gasteiger partial charge in [-0.05, 0) is 43.9 Å². The van der Waals surface area contributed by atoms with E-state index in [2.05, 4.69) is 47.4 Å². The van der Waals surface area contributed by atoms with Gasteiger partial charge in [-0.15, -0.1) is 24.0 Å². The van der Waals surface area contributed by atoms with Gasteiger partial charge in [0.15, 0.2) is 5.96 Å². The summed E-state index contributed by atoms with van der Waals surface area (Å²) < 4.78 is 0. The molecule has 0 spiro atoms. The van der Waals surface area contributed by atoms with Crippen LogP contribution in [0.2, 0.25) is 0 Å². The average molecular weight is 418 g/mol. The van der Waals surface area contributed by atoms with Gasteiger partial charge < -0.3 is 10.6 Å². The second kappa shape index (κ2) is 13.8. The molecule has 0 aromatic carbocycles. The van der Waals surface area contributed by atoms with E-state index >= 15 is 0 Å². The molecule has 0 fully saturated rings. The van der Waals surface area contributed by atoms with Crippen LogP contribution < -0.4 is 10.6 Å². The highest BCUT2D eigenvalue weighted by molar-refractivity contribution is 14.0. The molecule has 0 unspecified atom stereocenters. The van der Waals surface area contributed by atoms with E-state index in [4.69, 9.17) is 0 Å². The van der Waals surface area contributed by atoms with Crippen molar-refractivity contribution in [3.63, 3.8) is 0 Å². The lowest BCUT2D eigenvalue weighted by molar-refractivity contribution is 0.670. The predicted octanol–water partition coefficient (Wildman–Crippen LogP) is 3.69. The fourth-order valence-corrected chi connectivity index (χ4v) is 2.17. The number of rotatable bonds is 9. The van der Waals surface area contributed by atoms with Crippen molar-refractivity contribution in [1.29, 1.82) is 0 Å². The predicted molar refractivity (Wildman–Crippen MR) is 106 cm³/mol. The number of nitrogens with one attached hydrogen (secondary N) is 2. The van der Waals surface area contributed by atoms with Crippen molar-refractivity contribution in [2.24, 2.45) is 4.99 Å². The Kier molecular flexibility index (Phi) is 13.3. The fraction of sp³-hybridized carbons (Fsp3) is 0.647. The van der Waals surface area contributed by atoms with Crippen molar-refractivity contribution in [3.05, 3.63) is 29.6 Å². The Morgan fingerprint density at radius 2 is 2.00 bits per heavy atom. The molecule has 1 rings (SSSR count). The number of guanidine groups is 1. The van der Waals surface area contributed by atoms with E-state index in [1.54, 1.807) is 0 Å². The Balaban J connectivity index is 0.00000441. The number of halogens is 1. The van der Waals surface area contributed by atoms with Gasteiger partial charge in [0.1, 0.15) is 0 Å². The number of aliphatic imine (C=N–C) groups is 1. The Hall–Kier alpha value is -0.850. The maximum Gasteiger partial charge on any atom is 0.191 e. The number of aryl methyl sites for hydroxylation is 1. The minimum Gasteiger partial charge on any atom is -0.357 e. The maximum atomic E-state index is 4.62. The smallest absolute Gasteiger partial charge is 0.191 e. The van der Waals surface area contributed by atoms with Crippen LogP contribution in [0.1, 0.15) is 50.7 Å². The van der Waals surface area contributed by atoms with E-state index in [0.29, 0.717) is 0 Å². The lowest BCUT2D eigenvalue weighted by Gasteiger charge is -2.12. The number of aromatic nitrogens is 1. The van der Waals surface area contributed by atoms with Crippen molar-refractivity contribution < 1.29 is 0 Å². The van der Waals surface area contributed by atoms with Gasteiger partial charge in [0.25, 0.3) is 0 Å². The van der Waals surface area contributed by atoms with E-state index in [-0.39, 0.29) is 24.0 Å². The summed E-state index contributed by atoms with van der Waals surface area (Å²) >= 11 is 0. The van der Waals surface area contributed by atoms with Gasteiger partial charge in [0.05, 0.1) is 0 Å². The Bertz CT molecular complexity index is 421. The summed E-state index contributed by atoms with van der Waals surface area (Å²) in [6.45, 7) is 9.14. The Morgan fingerprint density at radius 1 is 1.18 bits per heavy atom. The molecule has 1 aromatic heterocycles. The molecule has 0 saturated carbocycles. The lowest BCUT2D eigenvalue weighted by atomic mass is 10.1. The molecule has 0 bridgehead atoms. The first kappa shape index (κ1) is 21.1. The Labute approximate surface area is 152 Å². The normalized spacial score (nSPS) is 11.0. The summed E-state index contributed by atoms with van der Waals surface area (Å²) in [7, 11) is 0. The second-order valence-electron chi connectivity index (χ2n) is 5.30. The first-order valence-corrected chi connectivity index (χ1v) is 8.19. The first-order chi connectivity index (χ1) is 10.3. The van der Waals surface area contributed by atoms with Crippen LogP contribution in [0.25, 0.3) is 0 Å². The summed E-state index contributed by atoms with van der Waals surface area (Å²) in [5.41, 5.74) is 2.59. The van der Waals surface area contributed by atoms with E-state index in [1.165, 1.54) is 36.8 Å². The third-order valence-corrected chi connectivity index (χ3v) is 3.45. The van der Waals surface area contributed by atoms with E-state index in [9.17, 15) is 0 Å². The van der Waals surface area contributed by atoms with Crippen LogP contribution in [0.3, 0.4) is 0 Å². The molecule has 1 aromatic rings. The largest absolute Gasteiger partial charge is 0.357 e. The van der Waals surface area contributed by atoms with Crippen molar-refractivity contribution in [3.8, 4) is 0 Å². The average Bonchev–Trinajstić information content (AvgIpc) is 2.49. The molecule has 0 amide bonds. The minimum atomic E-state index is 0. The molecule has 0 saturated heterocycles. The van der Waals surface area contributed by atoms with Crippen LogP contribution in [0.5, 0.6) is 0 Å². The molecule has 1 heterocycles. The number of hydrogen-bond donors (Lipinski definition) is 2. The summed E-state index contributed by atoms with van der Waals surface area (Å²) in [4.78, 5) is 8.75. The molecule has 5 heteroatoms. The van der Waals surface area contributed by atoms with Gasteiger partial charge in [0.2, 0.25) is 0 Å². The highest BCUT2D eigenvalue weighted by Gasteiger charge is 2.00. The van der Waals surface area contributed by atoms with Crippen molar-refractivity contribution in [2.75, 3.05) is 19.6 Å². The number of pyridine rings is 1. The highest BCUT2D eigenvalue weighted by atomic mass is 127. The quantitative estimate of drug-likeness (QED) is 0.278. The molecule has 22 heavy (non-hydrogen) atoms. The molecule has 0 aliphatic carbocycles. The van der Waals surface area contributed by atoms with Gasteiger partial charge in [0, 0.05) is 32.0 Å². The molecule has 126 valence electrons. The number of hydrogen-bond acceptors (Lipinski definition) is 2. The Morgan fingerprint density at radius 3 is 2.68 bits per heavy atom. The van der Waals surface area contributed by atoms with Crippen molar-refractivity contribution >= 4 is 29.9 Å². The van der Waals surface area contributed by atoms with E-state index in [1.807, 2.05) is 12.4 Å². The zero-order chi connectivity index (χ0) is 15.3. The van der Waals surface area contributed by atoms with Crippen LogP contribution in [0.15, 0.2) is 23.5 Å². The molecule has 0 radical (unpaired) electrons. The van der Waals surface area contributed by atoms with E-state index < -0.39 is 0 Å². The SMILES string of the molecule is CCCCCCN=C(NCC)NCCc1ccncc1C.I. The standard InChI is InChI=1S/C17H30N4.HI/c1-4-6-7-8-11-20-17(19-5-2)21-13-10-16-9-12-18-14-15(16)3;/h9,12,14H,4-8,10-11,13H2,1-3H3,(H2,19,20,21);1H. The zero-order valence-corrected chi connectivity index (χ0v) is 16.5. The van der Waals surface area contributed by atoms with Crippen LogP contribution in [0, 0.1) is 6.92 Å². The third kappa shape index (κ3) is 9.23. The monoisotopic (exact) mass is 418 g/mol. The van der Waals surface area contributed by atoms with Gasteiger partial charge >= 0.3 is 0 Å². The van der Waals surface area contributed by atoms with Crippen molar-refractivity contribution in [1.82, 2.24) is 15.6 Å². The number of nitrogens with zero attached hydrogens (tertiary/aromatic N) is 2. The fourth-order valence-electron chi connectivity index (χ4n) is 2.17. The number of unbranched alkanes of at least 4 members (excludes halogenated alkanes) is 3. The van der Waals surface area contributed by atoms with Gasteiger partial charge in [-0.2, -0.15) is 0 Å². The van der Waals surface area contributed by atoms with Crippen LogP contribution in [-0.4, -0.2) is 30.6 Å². The summed E-state index contributed by atoms with van der Waals surface area (Å²) in [5, 5.41) is 6.71. The summed E-state index contributed by atoms with van der Waals surface area (Å²) in [6, 6.07) is 2.09. The van der Waals surface area contributed by atoms with Crippen LogP contribution in [-0.2, 0) is 6.42 Å². The van der Waals surface area contributed by atoms with Crippen LogP contribution in [0.4, 0.5) is 0 Å². The molecular formula is C17H31IN4. The second-order valence-corrected chi connectivity index (χ2v) is 5.30. The molecule has 0 aliphatic rings. The van der Waals surface area contributed by atoms with Gasteiger partial charge in [-0.25, -0.2) is 0 Å². The topological polar surface area (TPSA) is 49.3 Å². The molecule has 2 N–H and O–H groups in total. The van der Waals surface area contributed by atoms with E-state index in [0.717, 1.165) is 32.0 Å². The zero-order valence-electron chi connectivity index (χ0n) is 14.2. The minimum absolute atomic E-state index is 0. The van der Waals surface area contributed by atoms with Crippen molar-refractivity contribution in [2.45, 2.75) is 52.9 Å². The maximum absolute atomic E-state index is 4.62. The molecule has 4 nitrogen and oxygen atoms in total. The summed E-state index contributed by atoms with van der Waals surface area (Å²) in [5.74, 6) is 0.931. The van der Waals surface area contributed by atoms with Crippen LogP contribution >= 0.6 is 24.0 Å². The molecular weight excluding hydrogens is 387 g/mol. The highest BCUT2D eigenvalue weighted by Crippen LogP contribution is 2.04. The lowest BCUT2D eigenvalue weighted by Crippen LogP contribution is -2.38. The summed E-state index contributed by atoms with van der Waals surface area (Å²) in [6.07, 6.45) is 9.80. The molecule has 0 aliphatic heterocycles. The third-order valence-electron chi connectivity index (χ3n) is 3.45. The first-order valence-electron chi connectivity index (χ1n) is 8.19. The molecule has 0 atom stereocenters.